The Labute approximate surface area is 64.2 Å². The lowest BCUT2D eigenvalue weighted by Gasteiger charge is -2.08. The lowest BCUT2D eigenvalue weighted by atomic mass is 10.1. The van der Waals surface area contributed by atoms with Crippen molar-refractivity contribution < 1.29 is 0 Å². The van der Waals surface area contributed by atoms with Crippen molar-refractivity contribution in [2.45, 2.75) is 26.7 Å². The monoisotopic (exact) mass is 139 g/mol. The zero-order chi connectivity index (χ0) is 7.82. The Morgan fingerprint density at radius 2 is 2.30 bits per heavy atom. The molecule has 0 fully saturated rings. The number of hydrogen-bond acceptors (Lipinski definition) is 1. The number of rotatable bonds is 5. The molecule has 0 aromatic rings. The molecule has 0 aromatic heterocycles. The molecule has 0 saturated heterocycles. The van der Waals surface area contributed by atoms with Crippen molar-refractivity contribution in [3.8, 4) is 12.3 Å². The Kier molecular flexibility index (Phi) is 6.32. The van der Waals surface area contributed by atoms with E-state index in [0.717, 1.165) is 31.8 Å². The lowest BCUT2D eigenvalue weighted by molar-refractivity contribution is 0.496. The van der Waals surface area contributed by atoms with Gasteiger partial charge in [-0.2, -0.15) is 0 Å². The highest BCUT2D eigenvalue weighted by molar-refractivity contribution is 4.83. The van der Waals surface area contributed by atoms with E-state index in [4.69, 9.17) is 6.42 Å². The van der Waals surface area contributed by atoms with Gasteiger partial charge in [0.2, 0.25) is 0 Å². The van der Waals surface area contributed by atoms with Gasteiger partial charge in [-0.3, -0.25) is 0 Å². The second kappa shape index (κ2) is 6.64. The van der Waals surface area contributed by atoms with E-state index in [-0.39, 0.29) is 0 Å². The van der Waals surface area contributed by atoms with Gasteiger partial charge >= 0.3 is 0 Å². The van der Waals surface area contributed by atoms with E-state index < -0.39 is 0 Å². The third kappa shape index (κ3) is 5.65. The summed E-state index contributed by atoms with van der Waals surface area (Å²) in [7, 11) is 0. The quantitative estimate of drug-likeness (QED) is 0.571. The molecule has 1 unspecified atom stereocenters. The summed E-state index contributed by atoms with van der Waals surface area (Å²) in [6.45, 7) is 6.49. The van der Waals surface area contributed by atoms with E-state index in [9.17, 15) is 0 Å². The smallest absolute Gasteiger partial charge is 0.00890 e. The van der Waals surface area contributed by atoms with Crippen LogP contribution in [0, 0.1) is 18.3 Å². The van der Waals surface area contributed by atoms with E-state index >= 15 is 0 Å². The Bertz CT molecular complexity index is 102. The molecule has 1 N–H and O–H groups in total. The Hall–Kier alpha value is -0.480. The average Bonchev–Trinajstić information content (AvgIpc) is 1.97. The summed E-state index contributed by atoms with van der Waals surface area (Å²) in [6, 6.07) is 0. The third-order valence-electron chi connectivity index (χ3n) is 1.52. The van der Waals surface area contributed by atoms with Crippen LogP contribution < -0.4 is 5.32 Å². The van der Waals surface area contributed by atoms with E-state index in [2.05, 4.69) is 25.1 Å². The fourth-order valence-corrected chi connectivity index (χ4v) is 0.823. The standard InChI is InChI=1S/C9H17N/c1-4-6-7-9(3)8-10-5-2/h1,9-10H,5-8H2,2-3H3. The normalized spacial score (nSPS) is 12.5. The molecule has 0 rings (SSSR count). The van der Waals surface area contributed by atoms with Gasteiger partial charge in [0.25, 0.3) is 0 Å². The van der Waals surface area contributed by atoms with Crippen LogP contribution in [0.1, 0.15) is 26.7 Å². The molecule has 0 aliphatic carbocycles. The average molecular weight is 139 g/mol. The molecule has 0 aromatic carbocycles. The first-order chi connectivity index (χ1) is 4.81. The second-order valence-electron chi connectivity index (χ2n) is 2.66. The molecule has 0 aliphatic heterocycles. The maximum atomic E-state index is 5.14. The third-order valence-corrected chi connectivity index (χ3v) is 1.52. The zero-order valence-electron chi connectivity index (χ0n) is 6.98. The Balaban J connectivity index is 3.10. The molecule has 0 radical (unpaired) electrons. The van der Waals surface area contributed by atoms with Crippen LogP contribution in [0.2, 0.25) is 0 Å². The Morgan fingerprint density at radius 1 is 1.60 bits per heavy atom. The lowest BCUT2D eigenvalue weighted by Crippen LogP contribution is -2.20. The van der Waals surface area contributed by atoms with E-state index in [1.165, 1.54) is 0 Å². The SMILES string of the molecule is C#CCCC(C)CNCC. The van der Waals surface area contributed by atoms with Crippen LogP contribution in [-0.4, -0.2) is 13.1 Å². The Morgan fingerprint density at radius 3 is 2.80 bits per heavy atom. The van der Waals surface area contributed by atoms with Crippen molar-refractivity contribution in [3.05, 3.63) is 0 Å². The number of terminal acetylenes is 1. The van der Waals surface area contributed by atoms with Gasteiger partial charge in [0.1, 0.15) is 0 Å². The maximum Gasteiger partial charge on any atom is 0.00890 e. The first kappa shape index (κ1) is 9.52. The second-order valence-corrected chi connectivity index (χ2v) is 2.66. The molecule has 0 amide bonds. The molecular weight excluding hydrogens is 122 g/mol. The number of hydrogen-bond donors (Lipinski definition) is 1. The highest BCUT2D eigenvalue weighted by atomic mass is 14.8. The molecule has 0 heterocycles. The van der Waals surface area contributed by atoms with Gasteiger partial charge in [0.05, 0.1) is 0 Å². The summed E-state index contributed by atoms with van der Waals surface area (Å²) < 4.78 is 0. The van der Waals surface area contributed by atoms with Gasteiger partial charge in [0, 0.05) is 6.42 Å². The summed E-state index contributed by atoms with van der Waals surface area (Å²) >= 11 is 0. The van der Waals surface area contributed by atoms with E-state index in [1.807, 2.05) is 0 Å². The van der Waals surface area contributed by atoms with Gasteiger partial charge in [-0.05, 0) is 25.4 Å². The van der Waals surface area contributed by atoms with Crippen LogP contribution in [0.5, 0.6) is 0 Å². The fourth-order valence-electron chi connectivity index (χ4n) is 0.823. The molecule has 10 heavy (non-hydrogen) atoms. The van der Waals surface area contributed by atoms with Gasteiger partial charge in [-0.15, -0.1) is 12.3 Å². The summed E-state index contributed by atoms with van der Waals surface area (Å²) in [5.41, 5.74) is 0. The van der Waals surface area contributed by atoms with Crippen LogP contribution in [0.25, 0.3) is 0 Å². The fraction of sp³-hybridized carbons (Fsp3) is 0.778. The minimum atomic E-state index is 0.719. The van der Waals surface area contributed by atoms with Crippen LogP contribution in [0.4, 0.5) is 0 Å². The molecule has 0 bridgehead atoms. The molecule has 1 heteroatoms. The van der Waals surface area contributed by atoms with Crippen LogP contribution in [0.15, 0.2) is 0 Å². The summed E-state index contributed by atoms with van der Waals surface area (Å²) in [5, 5.41) is 3.29. The number of nitrogens with one attached hydrogen (secondary N) is 1. The minimum absolute atomic E-state index is 0.719. The predicted molar refractivity (Wildman–Crippen MR) is 45.8 cm³/mol. The highest BCUT2D eigenvalue weighted by Gasteiger charge is 1.97. The molecule has 58 valence electrons. The summed E-state index contributed by atoms with van der Waals surface area (Å²) in [5.74, 6) is 3.37. The molecule has 0 spiro atoms. The molecule has 1 atom stereocenters. The van der Waals surface area contributed by atoms with Crippen molar-refractivity contribution in [3.63, 3.8) is 0 Å². The summed E-state index contributed by atoms with van der Waals surface area (Å²) in [6.07, 6.45) is 7.19. The predicted octanol–water partition coefficient (Wildman–Crippen LogP) is 1.65. The maximum absolute atomic E-state index is 5.14. The van der Waals surface area contributed by atoms with Gasteiger partial charge in [-0.1, -0.05) is 13.8 Å². The van der Waals surface area contributed by atoms with Gasteiger partial charge in [0.15, 0.2) is 0 Å². The molecular formula is C9H17N. The van der Waals surface area contributed by atoms with E-state index in [0.29, 0.717) is 0 Å². The summed E-state index contributed by atoms with van der Waals surface area (Å²) in [4.78, 5) is 0. The molecule has 0 aliphatic rings. The minimum Gasteiger partial charge on any atom is -0.317 e. The zero-order valence-corrected chi connectivity index (χ0v) is 6.98. The van der Waals surface area contributed by atoms with Crippen LogP contribution in [-0.2, 0) is 0 Å². The van der Waals surface area contributed by atoms with Crippen LogP contribution in [0.3, 0.4) is 0 Å². The van der Waals surface area contributed by atoms with Crippen molar-refractivity contribution >= 4 is 0 Å². The van der Waals surface area contributed by atoms with Crippen molar-refractivity contribution in [2.75, 3.05) is 13.1 Å². The van der Waals surface area contributed by atoms with Gasteiger partial charge in [-0.25, -0.2) is 0 Å². The first-order valence-corrected chi connectivity index (χ1v) is 3.95. The highest BCUT2D eigenvalue weighted by Crippen LogP contribution is 2.01. The molecule has 1 nitrogen and oxygen atoms in total. The largest absolute Gasteiger partial charge is 0.317 e. The topological polar surface area (TPSA) is 12.0 Å². The van der Waals surface area contributed by atoms with Crippen molar-refractivity contribution in [2.24, 2.45) is 5.92 Å². The van der Waals surface area contributed by atoms with Crippen molar-refractivity contribution in [1.29, 1.82) is 0 Å². The molecule has 0 saturated carbocycles. The first-order valence-electron chi connectivity index (χ1n) is 3.95. The van der Waals surface area contributed by atoms with Crippen LogP contribution >= 0.6 is 0 Å². The van der Waals surface area contributed by atoms with Gasteiger partial charge < -0.3 is 5.32 Å². The van der Waals surface area contributed by atoms with Crippen molar-refractivity contribution in [1.82, 2.24) is 5.32 Å². The van der Waals surface area contributed by atoms with E-state index in [1.54, 1.807) is 0 Å².